The molecule has 1 atom stereocenters. The van der Waals surface area contributed by atoms with Gasteiger partial charge in [0.2, 0.25) is 0 Å². The van der Waals surface area contributed by atoms with Gasteiger partial charge in [0.25, 0.3) is 0 Å². The van der Waals surface area contributed by atoms with Crippen LogP contribution in [0.15, 0.2) is 35.7 Å². The second kappa shape index (κ2) is 7.11. The highest BCUT2D eigenvalue weighted by atomic mass is 32.1. The summed E-state index contributed by atoms with van der Waals surface area (Å²) in [6.45, 7) is 6.63. The molecule has 4 rings (SSSR count). The fourth-order valence-corrected chi connectivity index (χ4v) is 4.68. The second-order valence-electron chi connectivity index (χ2n) is 6.97. The molecule has 0 spiro atoms. The van der Waals surface area contributed by atoms with Gasteiger partial charge in [-0.25, -0.2) is 4.98 Å². The fourth-order valence-electron chi connectivity index (χ4n) is 3.83. The Bertz CT molecular complexity index is 648. The lowest BCUT2D eigenvalue weighted by atomic mass is 10.0. The van der Waals surface area contributed by atoms with E-state index in [1.165, 1.54) is 36.6 Å². The molecular weight excluding hydrogens is 316 g/mol. The van der Waals surface area contributed by atoms with Crippen molar-refractivity contribution < 1.29 is 0 Å². The Morgan fingerprint density at radius 2 is 1.71 bits per heavy atom. The van der Waals surface area contributed by atoms with Crippen LogP contribution < -0.4 is 15.1 Å². The maximum absolute atomic E-state index is 4.62. The monoisotopic (exact) mass is 342 g/mol. The number of rotatable bonds is 4. The molecule has 2 fully saturated rings. The third-order valence-electron chi connectivity index (χ3n) is 5.15. The molecule has 24 heavy (non-hydrogen) atoms. The minimum atomic E-state index is 0.629. The Morgan fingerprint density at radius 1 is 1.00 bits per heavy atom. The summed E-state index contributed by atoms with van der Waals surface area (Å²) in [7, 11) is 0. The zero-order chi connectivity index (χ0) is 16.4. The highest BCUT2D eigenvalue weighted by molar-refractivity contribution is 7.13. The van der Waals surface area contributed by atoms with Gasteiger partial charge in [0.1, 0.15) is 0 Å². The van der Waals surface area contributed by atoms with Crippen molar-refractivity contribution in [1.29, 1.82) is 0 Å². The molecule has 2 aliphatic rings. The van der Waals surface area contributed by atoms with Crippen molar-refractivity contribution in [1.82, 2.24) is 10.3 Å². The predicted molar refractivity (Wildman–Crippen MR) is 102 cm³/mol. The Balaban J connectivity index is 1.26. The molecule has 5 heteroatoms. The van der Waals surface area contributed by atoms with E-state index in [1.54, 1.807) is 11.3 Å². The van der Waals surface area contributed by atoms with Crippen LogP contribution in [-0.2, 0) is 0 Å². The van der Waals surface area contributed by atoms with E-state index in [-0.39, 0.29) is 0 Å². The summed E-state index contributed by atoms with van der Waals surface area (Å²) < 4.78 is 0. The summed E-state index contributed by atoms with van der Waals surface area (Å²) in [5, 5.41) is 7.25. The first-order chi connectivity index (χ1) is 11.8. The Hall–Kier alpha value is -1.59. The molecule has 0 bridgehead atoms. The SMILES string of the molecule is Cc1csc(N2CCC(N[C@H]3CCN(c4ccccc4)C3)CC2)n1. The van der Waals surface area contributed by atoms with Crippen molar-refractivity contribution in [2.45, 2.75) is 38.3 Å². The summed E-state index contributed by atoms with van der Waals surface area (Å²) in [6, 6.07) is 12.1. The summed E-state index contributed by atoms with van der Waals surface area (Å²) >= 11 is 1.78. The quantitative estimate of drug-likeness (QED) is 0.924. The second-order valence-corrected chi connectivity index (χ2v) is 7.80. The zero-order valence-corrected chi connectivity index (χ0v) is 15.1. The summed E-state index contributed by atoms with van der Waals surface area (Å²) in [4.78, 5) is 9.57. The standard InChI is InChI=1S/C19H26N4S/c1-15-14-24-19(20-15)22-10-7-16(8-11-22)21-17-9-12-23(13-17)18-5-3-2-4-6-18/h2-6,14,16-17,21H,7-13H2,1H3/t17-/m0/s1. The molecule has 2 aromatic rings. The van der Waals surface area contributed by atoms with Crippen molar-refractivity contribution in [3.63, 3.8) is 0 Å². The molecule has 1 aromatic heterocycles. The predicted octanol–water partition coefficient (Wildman–Crippen LogP) is 3.29. The minimum Gasteiger partial charge on any atom is -0.370 e. The number of para-hydroxylation sites is 1. The van der Waals surface area contributed by atoms with E-state index in [0.717, 1.165) is 25.3 Å². The molecule has 0 radical (unpaired) electrons. The molecule has 3 heterocycles. The first-order valence-electron chi connectivity index (χ1n) is 9.01. The highest BCUT2D eigenvalue weighted by Gasteiger charge is 2.27. The van der Waals surface area contributed by atoms with Crippen LogP contribution >= 0.6 is 11.3 Å². The number of thiazole rings is 1. The van der Waals surface area contributed by atoms with E-state index in [9.17, 15) is 0 Å². The number of nitrogens with zero attached hydrogens (tertiary/aromatic N) is 3. The maximum atomic E-state index is 4.62. The highest BCUT2D eigenvalue weighted by Crippen LogP contribution is 2.25. The van der Waals surface area contributed by atoms with Gasteiger partial charge in [-0.3, -0.25) is 0 Å². The molecule has 0 aliphatic carbocycles. The number of hydrogen-bond donors (Lipinski definition) is 1. The molecule has 2 saturated heterocycles. The van der Waals surface area contributed by atoms with Crippen LogP contribution in [-0.4, -0.2) is 43.2 Å². The van der Waals surface area contributed by atoms with Crippen LogP contribution in [0.25, 0.3) is 0 Å². The van der Waals surface area contributed by atoms with Crippen molar-refractivity contribution in [3.8, 4) is 0 Å². The van der Waals surface area contributed by atoms with Crippen molar-refractivity contribution in [3.05, 3.63) is 41.4 Å². The first kappa shape index (κ1) is 15.9. The Kier molecular flexibility index (Phi) is 4.72. The fraction of sp³-hybridized carbons (Fsp3) is 0.526. The number of piperidine rings is 1. The molecule has 2 aliphatic heterocycles. The van der Waals surface area contributed by atoms with Gasteiger partial charge in [0.15, 0.2) is 5.13 Å². The first-order valence-corrected chi connectivity index (χ1v) is 9.89. The minimum absolute atomic E-state index is 0.629. The number of aryl methyl sites for hydroxylation is 1. The van der Waals surface area contributed by atoms with Crippen molar-refractivity contribution in [2.24, 2.45) is 0 Å². The number of aromatic nitrogens is 1. The molecule has 0 amide bonds. The lowest BCUT2D eigenvalue weighted by molar-refractivity contribution is 0.377. The van der Waals surface area contributed by atoms with Gasteiger partial charge in [0.05, 0.1) is 5.69 Å². The van der Waals surface area contributed by atoms with Crippen LogP contribution in [0.3, 0.4) is 0 Å². The van der Waals surface area contributed by atoms with Crippen LogP contribution in [0, 0.1) is 6.92 Å². The Labute approximate surface area is 148 Å². The van der Waals surface area contributed by atoms with Gasteiger partial charge in [-0.2, -0.15) is 0 Å². The van der Waals surface area contributed by atoms with Crippen LogP contribution in [0.4, 0.5) is 10.8 Å². The summed E-state index contributed by atoms with van der Waals surface area (Å²) in [5.41, 5.74) is 2.50. The molecule has 0 saturated carbocycles. The van der Waals surface area contributed by atoms with Crippen LogP contribution in [0.2, 0.25) is 0 Å². The van der Waals surface area contributed by atoms with E-state index < -0.39 is 0 Å². The molecule has 0 unspecified atom stereocenters. The van der Waals surface area contributed by atoms with Gasteiger partial charge in [-0.15, -0.1) is 11.3 Å². The third-order valence-corrected chi connectivity index (χ3v) is 6.17. The topological polar surface area (TPSA) is 31.4 Å². The van der Waals surface area contributed by atoms with Crippen LogP contribution in [0.5, 0.6) is 0 Å². The zero-order valence-electron chi connectivity index (χ0n) is 14.3. The number of anilines is 2. The number of benzene rings is 1. The number of nitrogens with one attached hydrogen (secondary N) is 1. The third kappa shape index (κ3) is 3.57. The molecule has 1 aromatic carbocycles. The summed E-state index contributed by atoms with van der Waals surface area (Å²) in [6.07, 6.45) is 3.70. The van der Waals surface area contributed by atoms with Gasteiger partial charge in [-0.1, -0.05) is 18.2 Å². The van der Waals surface area contributed by atoms with Gasteiger partial charge >= 0.3 is 0 Å². The van der Waals surface area contributed by atoms with Crippen LogP contribution in [0.1, 0.15) is 25.0 Å². The van der Waals surface area contributed by atoms with E-state index in [2.05, 4.69) is 62.7 Å². The normalized spacial score (nSPS) is 22.3. The molecule has 128 valence electrons. The van der Waals surface area contributed by atoms with E-state index in [1.807, 2.05) is 0 Å². The van der Waals surface area contributed by atoms with E-state index in [0.29, 0.717) is 12.1 Å². The average Bonchev–Trinajstić information content (AvgIpc) is 3.26. The van der Waals surface area contributed by atoms with Crippen molar-refractivity contribution in [2.75, 3.05) is 36.0 Å². The van der Waals surface area contributed by atoms with E-state index >= 15 is 0 Å². The average molecular weight is 343 g/mol. The Morgan fingerprint density at radius 3 is 2.42 bits per heavy atom. The van der Waals surface area contributed by atoms with E-state index in [4.69, 9.17) is 0 Å². The number of hydrogen-bond acceptors (Lipinski definition) is 5. The maximum Gasteiger partial charge on any atom is 0.185 e. The molecule has 1 N–H and O–H groups in total. The summed E-state index contributed by atoms with van der Waals surface area (Å²) in [5.74, 6) is 0. The smallest absolute Gasteiger partial charge is 0.185 e. The van der Waals surface area contributed by atoms with Gasteiger partial charge in [0, 0.05) is 49.3 Å². The lowest BCUT2D eigenvalue weighted by Gasteiger charge is -2.33. The molecular formula is C19H26N4S. The lowest BCUT2D eigenvalue weighted by Crippen LogP contribution is -2.47. The van der Waals surface area contributed by atoms with Gasteiger partial charge in [-0.05, 0) is 38.3 Å². The molecule has 4 nitrogen and oxygen atoms in total. The van der Waals surface area contributed by atoms with Crippen molar-refractivity contribution >= 4 is 22.2 Å². The largest absolute Gasteiger partial charge is 0.370 e. The van der Waals surface area contributed by atoms with Gasteiger partial charge < -0.3 is 15.1 Å².